The van der Waals surface area contributed by atoms with Crippen LogP contribution in [0.5, 0.6) is 5.75 Å². The summed E-state index contributed by atoms with van der Waals surface area (Å²) < 4.78 is 5.52. The Labute approximate surface area is 101 Å². The summed E-state index contributed by atoms with van der Waals surface area (Å²) >= 11 is 0. The van der Waals surface area contributed by atoms with Gasteiger partial charge in [0.25, 0.3) is 5.91 Å². The van der Waals surface area contributed by atoms with E-state index in [0.29, 0.717) is 11.8 Å². The Kier molecular flexibility index (Phi) is 3.64. The molecule has 2 N–H and O–H groups in total. The van der Waals surface area contributed by atoms with Gasteiger partial charge in [0.2, 0.25) is 0 Å². The lowest BCUT2D eigenvalue weighted by Crippen LogP contribution is -2.37. The van der Waals surface area contributed by atoms with E-state index in [1.54, 1.807) is 25.1 Å². The third kappa shape index (κ3) is 3.46. The summed E-state index contributed by atoms with van der Waals surface area (Å²) in [5.41, 5.74) is 0.775. The quantitative estimate of drug-likeness (QED) is 0.807. The van der Waals surface area contributed by atoms with Crippen LogP contribution in [-0.2, 0) is 11.4 Å². The molecular weight excluding hydrogens is 218 g/mol. The van der Waals surface area contributed by atoms with Gasteiger partial charge in [-0.15, -0.1) is 0 Å². The monoisotopic (exact) mass is 235 g/mol. The van der Waals surface area contributed by atoms with Gasteiger partial charge in [-0.25, -0.2) is 0 Å². The lowest BCUT2D eigenvalue weighted by molar-refractivity contribution is -0.127. The Morgan fingerprint density at radius 3 is 3.00 bits per heavy atom. The topological polar surface area (TPSA) is 58.6 Å². The first-order chi connectivity index (χ1) is 8.19. The SMILES string of the molecule is CC(Oc1cccc(CO)c1)C(=O)NC1CC1. The number of aliphatic hydroxyl groups excluding tert-OH is 1. The van der Waals surface area contributed by atoms with Crippen molar-refractivity contribution in [3.63, 3.8) is 0 Å². The van der Waals surface area contributed by atoms with Crippen molar-refractivity contribution in [1.82, 2.24) is 5.32 Å². The molecule has 0 aliphatic heterocycles. The molecule has 0 aromatic heterocycles. The third-order valence-electron chi connectivity index (χ3n) is 2.69. The van der Waals surface area contributed by atoms with Gasteiger partial charge in [-0.1, -0.05) is 12.1 Å². The molecule has 4 heteroatoms. The Balaban J connectivity index is 1.91. The second kappa shape index (κ2) is 5.19. The fourth-order valence-electron chi connectivity index (χ4n) is 1.52. The number of hydrogen-bond donors (Lipinski definition) is 2. The number of amides is 1. The maximum atomic E-state index is 11.7. The molecule has 1 aromatic rings. The summed E-state index contributed by atoms with van der Waals surface area (Å²) in [5, 5.41) is 11.9. The van der Waals surface area contributed by atoms with Crippen molar-refractivity contribution < 1.29 is 14.6 Å². The fraction of sp³-hybridized carbons (Fsp3) is 0.462. The lowest BCUT2D eigenvalue weighted by atomic mass is 10.2. The highest BCUT2D eigenvalue weighted by molar-refractivity contribution is 5.81. The molecule has 0 heterocycles. The van der Waals surface area contributed by atoms with Crippen molar-refractivity contribution in [1.29, 1.82) is 0 Å². The number of hydrogen-bond acceptors (Lipinski definition) is 3. The molecule has 1 aliphatic rings. The maximum absolute atomic E-state index is 11.7. The minimum absolute atomic E-state index is 0.0279. The van der Waals surface area contributed by atoms with Gasteiger partial charge in [-0.3, -0.25) is 4.79 Å². The van der Waals surface area contributed by atoms with Gasteiger partial charge >= 0.3 is 0 Å². The summed E-state index contributed by atoms with van der Waals surface area (Å²) in [5.74, 6) is 0.525. The maximum Gasteiger partial charge on any atom is 0.260 e. The zero-order valence-corrected chi connectivity index (χ0v) is 9.85. The van der Waals surface area contributed by atoms with Crippen LogP contribution < -0.4 is 10.1 Å². The van der Waals surface area contributed by atoms with Crippen molar-refractivity contribution in [2.24, 2.45) is 0 Å². The minimum atomic E-state index is -0.510. The van der Waals surface area contributed by atoms with Crippen LogP contribution in [0, 0.1) is 0 Å². The van der Waals surface area contributed by atoms with Gasteiger partial charge in [0.1, 0.15) is 5.75 Å². The van der Waals surface area contributed by atoms with Crippen LogP contribution in [0.3, 0.4) is 0 Å². The molecule has 1 fully saturated rings. The van der Waals surface area contributed by atoms with E-state index in [4.69, 9.17) is 9.84 Å². The van der Waals surface area contributed by atoms with Gasteiger partial charge in [0, 0.05) is 6.04 Å². The van der Waals surface area contributed by atoms with E-state index in [-0.39, 0.29) is 12.5 Å². The zero-order valence-electron chi connectivity index (χ0n) is 9.85. The van der Waals surface area contributed by atoms with Gasteiger partial charge in [0.15, 0.2) is 6.10 Å². The van der Waals surface area contributed by atoms with Gasteiger partial charge in [0.05, 0.1) is 6.61 Å². The predicted molar refractivity (Wildman–Crippen MR) is 63.6 cm³/mol. The number of ether oxygens (including phenoxy) is 1. The van der Waals surface area contributed by atoms with Crippen molar-refractivity contribution in [2.75, 3.05) is 0 Å². The first-order valence-corrected chi connectivity index (χ1v) is 5.86. The molecule has 2 rings (SSSR count). The molecule has 1 atom stereocenters. The second-order valence-corrected chi connectivity index (χ2v) is 4.35. The van der Waals surface area contributed by atoms with Gasteiger partial charge in [-0.05, 0) is 37.5 Å². The highest BCUT2D eigenvalue weighted by Gasteiger charge is 2.26. The van der Waals surface area contributed by atoms with Gasteiger partial charge in [-0.2, -0.15) is 0 Å². The average Bonchev–Trinajstić information content (AvgIpc) is 3.13. The number of carbonyl (C=O) groups is 1. The van der Waals surface area contributed by atoms with Gasteiger partial charge < -0.3 is 15.2 Å². The molecule has 1 saturated carbocycles. The summed E-state index contributed by atoms with van der Waals surface area (Å²) in [6, 6.07) is 7.46. The van der Waals surface area contributed by atoms with Crippen molar-refractivity contribution in [3.8, 4) is 5.75 Å². The van der Waals surface area contributed by atoms with Crippen molar-refractivity contribution in [2.45, 2.75) is 38.5 Å². The van der Waals surface area contributed by atoms with Crippen LogP contribution in [0.25, 0.3) is 0 Å². The molecule has 92 valence electrons. The predicted octanol–water partition coefficient (Wildman–Crippen LogP) is 1.22. The molecule has 1 unspecified atom stereocenters. The molecule has 0 saturated heterocycles. The number of rotatable bonds is 5. The number of aliphatic hydroxyl groups is 1. The first-order valence-electron chi connectivity index (χ1n) is 5.86. The van der Waals surface area contributed by atoms with E-state index >= 15 is 0 Å². The van der Waals surface area contributed by atoms with Crippen molar-refractivity contribution >= 4 is 5.91 Å². The largest absolute Gasteiger partial charge is 0.481 e. The zero-order chi connectivity index (χ0) is 12.3. The molecule has 17 heavy (non-hydrogen) atoms. The summed E-state index contributed by atoms with van der Waals surface area (Å²) in [7, 11) is 0. The van der Waals surface area contributed by atoms with Crippen LogP contribution in [-0.4, -0.2) is 23.2 Å². The van der Waals surface area contributed by atoms with E-state index in [1.165, 1.54) is 0 Å². The van der Waals surface area contributed by atoms with E-state index in [0.717, 1.165) is 18.4 Å². The molecule has 0 bridgehead atoms. The van der Waals surface area contributed by atoms with E-state index in [1.807, 2.05) is 6.07 Å². The summed E-state index contributed by atoms with van der Waals surface area (Å²) in [4.78, 5) is 11.7. The smallest absolute Gasteiger partial charge is 0.260 e. The Hall–Kier alpha value is -1.55. The molecular formula is C13H17NO3. The third-order valence-corrected chi connectivity index (χ3v) is 2.69. The number of benzene rings is 1. The van der Waals surface area contributed by atoms with E-state index < -0.39 is 6.10 Å². The highest BCUT2D eigenvalue weighted by atomic mass is 16.5. The molecule has 4 nitrogen and oxygen atoms in total. The Bertz CT molecular complexity index is 401. The average molecular weight is 235 g/mol. The molecule has 1 amide bonds. The molecule has 1 aliphatic carbocycles. The molecule has 0 radical (unpaired) electrons. The Morgan fingerprint density at radius 2 is 2.35 bits per heavy atom. The number of carbonyl (C=O) groups excluding carboxylic acids is 1. The number of nitrogens with one attached hydrogen (secondary N) is 1. The van der Waals surface area contributed by atoms with Crippen LogP contribution in [0.4, 0.5) is 0 Å². The molecule has 1 aromatic carbocycles. The standard InChI is InChI=1S/C13H17NO3/c1-9(13(16)14-11-5-6-11)17-12-4-2-3-10(7-12)8-15/h2-4,7,9,11,15H,5-6,8H2,1H3,(H,14,16). The normalized spacial score (nSPS) is 16.4. The second-order valence-electron chi connectivity index (χ2n) is 4.35. The Morgan fingerprint density at radius 1 is 1.59 bits per heavy atom. The van der Waals surface area contributed by atoms with Crippen LogP contribution >= 0.6 is 0 Å². The summed E-state index contributed by atoms with van der Waals surface area (Å²) in [6.07, 6.45) is 1.63. The fourth-order valence-corrected chi connectivity index (χ4v) is 1.52. The first kappa shape index (κ1) is 11.9. The van der Waals surface area contributed by atoms with Crippen molar-refractivity contribution in [3.05, 3.63) is 29.8 Å². The van der Waals surface area contributed by atoms with E-state index in [9.17, 15) is 4.79 Å². The summed E-state index contributed by atoms with van der Waals surface area (Å²) in [6.45, 7) is 1.70. The lowest BCUT2D eigenvalue weighted by Gasteiger charge is -2.14. The highest BCUT2D eigenvalue weighted by Crippen LogP contribution is 2.19. The van der Waals surface area contributed by atoms with Crippen LogP contribution in [0.1, 0.15) is 25.3 Å². The van der Waals surface area contributed by atoms with Crippen LogP contribution in [0.15, 0.2) is 24.3 Å². The molecule has 0 spiro atoms. The van der Waals surface area contributed by atoms with Crippen LogP contribution in [0.2, 0.25) is 0 Å². The van der Waals surface area contributed by atoms with E-state index in [2.05, 4.69) is 5.32 Å². The minimum Gasteiger partial charge on any atom is -0.481 e.